The van der Waals surface area contributed by atoms with Crippen LogP contribution in [-0.2, 0) is 0 Å². The molecule has 0 N–H and O–H groups in total. The van der Waals surface area contributed by atoms with Gasteiger partial charge in [-0.25, -0.2) is 0 Å². The Morgan fingerprint density at radius 1 is 1.33 bits per heavy atom. The van der Waals surface area contributed by atoms with Crippen molar-refractivity contribution in [1.82, 2.24) is 0 Å². The molecule has 0 heterocycles. The van der Waals surface area contributed by atoms with Gasteiger partial charge in [0.1, 0.15) is 0 Å². The Labute approximate surface area is 57.3 Å². The molecule has 0 heteroatoms. The van der Waals surface area contributed by atoms with Gasteiger partial charge in [0.05, 0.1) is 0 Å². The minimum Gasteiger partial charge on any atom is -0.0874 e. The van der Waals surface area contributed by atoms with Gasteiger partial charge < -0.3 is 0 Å². The van der Waals surface area contributed by atoms with Gasteiger partial charge in [0.15, 0.2) is 0 Å². The first-order chi connectivity index (χ1) is 4.38. The molecule has 1 aliphatic carbocycles. The zero-order chi connectivity index (χ0) is 6.69. The maximum Gasteiger partial charge on any atom is -0.0165 e. The largest absolute Gasteiger partial charge is 0.0874 e. The average molecular weight is 122 g/mol. The lowest BCUT2D eigenvalue weighted by Crippen LogP contribution is -1.77. The molecule has 0 saturated heterocycles. The highest BCUT2D eigenvalue weighted by Gasteiger charge is 2.23. The minimum absolute atomic E-state index is 0.909. The van der Waals surface area contributed by atoms with E-state index >= 15 is 0 Å². The third kappa shape index (κ3) is 1.70. The van der Waals surface area contributed by atoms with E-state index < -0.39 is 0 Å². The summed E-state index contributed by atoms with van der Waals surface area (Å²) in [6.07, 6.45) is 9.37. The zero-order valence-electron chi connectivity index (χ0n) is 6.22. The van der Waals surface area contributed by atoms with E-state index in [-0.39, 0.29) is 0 Å². The van der Waals surface area contributed by atoms with Crippen LogP contribution in [0.4, 0.5) is 0 Å². The van der Waals surface area contributed by atoms with Crippen LogP contribution in [0.5, 0.6) is 0 Å². The second-order valence-electron chi connectivity index (χ2n) is 2.56. The van der Waals surface area contributed by atoms with Gasteiger partial charge in [-0.2, -0.15) is 0 Å². The highest BCUT2D eigenvalue weighted by atomic mass is 14.3. The Balaban J connectivity index is 2.48. The second-order valence-corrected chi connectivity index (χ2v) is 2.56. The van der Waals surface area contributed by atoms with Crippen LogP contribution in [0.2, 0.25) is 0 Å². The third-order valence-electron chi connectivity index (χ3n) is 1.74. The van der Waals surface area contributed by atoms with Gasteiger partial charge in [-0.1, -0.05) is 18.2 Å². The van der Waals surface area contributed by atoms with E-state index in [9.17, 15) is 0 Å². The van der Waals surface area contributed by atoms with Crippen molar-refractivity contribution < 1.29 is 0 Å². The summed E-state index contributed by atoms with van der Waals surface area (Å²) in [5, 5.41) is 0. The van der Waals surface area contributed by atoms with Gasteiger partial charge >= 0.3 is 0 Å². The molecule has 1 rings (SSSR count). The second kappa shape index (κ2) is 2.86. The molecule has 0 atom stereocenters. The normalized spacial score (nSPS) is 21.3. The van der Waals surface area contributed by atoms with Crippen LogP contribution in [0.25, 0.3) is 0 Å². The van der Waals surface area contributed by atoms with E-state index in [4.69, 9.17) is 0 Å². The van der Waals surface area contributed by atoms with Crippen LogP contribution < -0.4 is 0 Å². The Bertz CT molecular complexity index is 136. The summed E-state index contributed by atoms with van der Waals surface area (Å²) < 4.78 is 0. The maximum atomic E-state index is 2.22. The van der Waals surface area contributed by atoms with E-state index in [0.717, 1.165) is 5.92 Å². The van der Waals surface area contributed by atoms with E-state index in [0.29, 0.717) is 0 Å². The molecular formula is C9H14. The van der Waals surface area contributed by atoms with Gasteiger partial charge in [0.2, 0.25) is 0 Å². The Morgan fingerprint density at radius 2 is 2.00 bits per heavy atom. The molecule has 1 aliphatic rings. The summed E-state index contributed by atoms with van der Waals surface area (Å²) in [6, 6.07) is 0. The van der Waals surface area contributed by atoms with Gasteiger partial charge in [-0.3, -0.25) is 0 Å². The van der Waals surface area contributed by atoms with E-state index in [1.807, 2.05) is 0 Å². The summed E-state index contributed by atoms with van der Waals surface area (Å²) in [4.78, 5) is 0. The highest BCUT2D eigenvalue weighted by Crippen LogP contribution is 2.36. The summed E-state index contributed by atoms with van der Waals surface area (Å²) in [5.41, 5.74) is 1.53. The standard InChI is InChI=1S/C9H14/c1-3-5-8(4-2)9-6-7-9/h3-5,9H,6-7H2,1-2H3/b5-3-,8-4+. The molecule has 0 nitrogen and oxygen atoms in total. The van der Waals surface area contributed by atoms with Gasteiger partial charge in [0.25, 0.3) is 0 Å². The number of hydrogen-bond donors (Lipinski definition) is 0. The van der Waals surface area contributed by atoms with E-state index in [1.165, 1.54) is 18.4 Å². The van der Waals surface area contributed by atoms with Crippen molar-refractivity contribution in [3.63, 3.8) is 0 Å². The van der Waals surface area contributed by atoms with Crippen molar-refractivity contribution in [3.8, 4) is 0 Å². The molecule has 50 valence electrons. The van der Waals surface area contributed by atoms with Crippen molar-refractivity contribution >= 4 is 0 Å². The SMILES string of the molecule is C/C=C\C(=C/C)C1CC1. The van der Waals surface area contributed by atoms with Crippen LogP contribution in [-0.4, -0.2) is 0 Å². The summed E-state index contributed by atoms with van der Waals surface area (Å²) in [5.74, 6) is 0.909. The summed E-state index contributed by atoms with van der Waals surface area (Å²) >= 11 is 0. The molecule has 0 bridgehead atoms. The summed E-state index contributed by atoms with van der Waals surface area (Å²) in [6.45, 7) is 4.19. The smallest absolute Gasteiger partial charge is 0.0165 e. The number of rotatable bonds is 2. The van der Waals surface area contributed by atoms with Gasteiger partial charge in [-0.15, -0.1) is 0 Å². The third-order valence-corrected chi connectivity index (χ3v) is 1.74. The molecule has 0 unspecified atom stereocenters. The Morgan fingerprint density at radius 3 is 2.33 bits per heavy atom. The lowest BCUT2D eigenvalue weighted by Gasteiger charge is -1.93. The van der Waals surface area contributed by atoms with E-state index in [1.54, 1.807) is 0 Å². The molecule has 0 aromatic heterocycles. The molecular weight excluding hydrogens is 108 g/mol. The minimum atomic E-state index is 0.909. The first-order valence-corrected chi connectivity index (χ1v) is 3.67. The monoisotopic (exact) mass is 122 g/mol. The maximum absolute atomic E-state index is 2.22. The van der Waals surface area contributed by atoms with Crippen molar-refractivity contribution in [1.29, 1.82) is 0 Å². The van der Waals surface area contributed by atoms with Crippen LogP contribution in [0, 0.1) is 5.92 Å². The molecule has 0 amide bonds. The number of hydrogen-bond acceptors (Lipinski definition) is 0. The molecule has 0 radical (unpaired) electrons. The van der Waals surface area contributed by atoms with Crippen LogP contribution in [0.3, 0.4) is 0 Å². The highest BCUT2D eigenvalue weighted by molar-refractivity contribution is 5.24. The predicted octanol–water partition coefficient (Wildman–Crippen LogP) is 2.92. The lowest BCUT2D eigenvalue weighted by molar-refractivity contribution is 1.04. The van der Waals surface area contributed by atoms with Crippen LogP contribution in [0.15, 0.2) is 23.8 Å². The topological polar surface area (TPSA) is 0 Å². The number of allylic oxidation sites excluding steroid dienone is 4. The summed E-state index contributed by atoms with van der Waals surface area (Å²) in [7, 11) is 0. The quantitative estimate of drug-likeness (QED) is 0.494. The first kappa shape index (κ1) is 6.60. The molecule has 0 aromatic rings. The van der Waals surface area contributed by atoms with Crippen LogP contribution >= 0.6 is 0 Å². The van der Waals surface area contributed by atoms with Crippen molar-refractivity contribution in [2.45, 2.75) is 26.7 Å². The molecule has 1 saturated carbocycles. The van der Waals surface area contributed by atoms with Crippen LogP contribution in [0.1, 0.15) is 26.7 Å². The fourth-order valence-electron chi connectivity index (χ4n) is 1.08. The van der Waals surface area contributed by atoms with E-state index in [2.05, 4.69) is 32.1 Å². The average Bonchev–Trinajstić information content (AvgIpc) is 2.64. The first-order valence-electron chi connectivity index (χ1n) is 3.67. The van der Waals surface area contributed by atoms with Crippen molar-refractivity contribution in [3.05, 3.63) is 23.8 Å². The fraction of sp³-hybridized carbons (Fsp3) is 0.556. The lowest BCUT2D eigenvalue weighted by atomic mass is 10.1. The molecule has 0 spiro atoms. The molecule has 0 aliphatic heterocycles. The Hall–Kier alpha value is -0.520. The molecule has 1 fully saturated rings. The van der Waals surface area contributed by atoms with Crippen molar-refractivity contribution in [2.75, 3.05) is 0 Å². The predicted molar refractivity (Wildman–Crippen MR) is 41.3 cm³/mol. The van der Waals surface area contributed by atoms with Gasteiger partial charge in [-0.05, 0) is 38.2 Å². The fourth-order valence-corrected chi connectivity index (χ4v) is 1.08. The zero-order valence-corrected chi connectivity index (χ0v) is 6.22. The molecule has 9 heavy (non-hydrogen) atoms. The molecule has 0 aromatic carbocycles. The Kier molecular flexibility index (Phi) is 2.10. The van der Waals surface area contributed by atoms with Crippen molar-refractivity contribution in [2.24, 2.45) is 5.92 Å². The van der Waals surface area contributed by atoms with Gasteiger partial charge in [0, 0.05) is 0 Å².